The number of aromatic nitrogens is 1. The van der Waals surface area contributed by atoms with Gasteiger partial charge in [-0.05, 0) is 23.8 Å². The lowest BCUT2D eigenvalue weighted by atomic mass is 9.95. The maximum Gasteiger partial charge on any atom is 0.322 e. The number of ether oxygens (including phenoxy) is 1. The molecule has 2 N–H and O–H groups in total. The number of benzene rings is 1. The van der Waals surface area contributed by atoms with Crippen molar-refractivity contribution in [3.05, 3.63) is 53.4 Å². The van der Waals surface area contributed by atoms with Crippen LogP contribution in [-0.2, 0) is 16.9 Å². The van der Waals surface area contributed by atoms with Gasteiger partial charge in [0.2, 0.25) is 5.88 Å². The molecule has 31 heavy (non-hydrogen) atoms. The van der Waals surface area contributed by atoms with E-state index in [2.05, 4.69) is 15.6 Å². The summed E-state index contributed by atoms with van der Waals surface area (Å²) in [6.45, 7) is 0.166. The highest BCUT2D eigenvalue weighted by Gasteiger charge is 2.53. The second-order valence-electron chi connectivity index (χ2n) is 7.21. The number of nitrogens with one attached hydrogen (secondary N) is 2. The molecular formula is C20H15IN4O6. The number of pyridine rings is 1. The predicted octanol–water partition coefficient (Wildman–Crippen LogP) is 2.26. The van der Waals surface area contributed by atoms with E-state index in [-0.39, 0.29) is 24.8 Å². The van der Waals surface area contributed by atoms with Gasteiger partial charge in [-0.1, -0.05) is 6.07 Å². The number of urea groups is 1. The van der Waals surface area contributed by atoms with Crippen LogP contribution in [0.1, 0.15) is 21.7 Å². The van der Waals surface area contributed by atoms with Crippen molar-refractivity contribution in [2.75, 3.05) is 13.7 Å². The Labute approximate surface area is 189 Å². The van der Waals surface area contributed by atoms with E-state index >= 15 is 0 Å². The van der Waals surface area contributed by atoms with Crippen molar-refractivity contribution < 1.29 is 26.6 Å². The number of methoxy groups -OCH3 is 1. The van der Waals surface area contributed by atoms with E-state index in [9.17, 15) is 14.4 Å². The number of nitrogens with zero attached hydrogens (tertiary/aromatic N) is 2. The first-order chi connectivity index (χ1) is 14.9. The molecule has 10 nitrogen and oxygen atoms in total. The maximum absolute atomic E-state index is 13.0. The summed E-state index contributed by atoms with van der Waals surface area (Å²) in [6.07, 6.45) is 1.52. The van der Waals surface area contributed by atoms with E-state index in [1.54, 1.807) is 53.3 Å². The summed E-state index contributed by atoms with van der Waals surface area (Å²) >= 11 is 1.74. The van der Waals surface area contributed by atoms with E-state index < -0.39 is 17.5 Å². The molecule has 1 fully saturated rings. The van der Waals surface area contributed by atoms with Crippen LogP contribution in [0, 0.1) is 0 Å². The van der Waals surface area contributed by atoms with Gasteiger partial charge in [-0.25, -0.2) is 9.78 Å². The first kappa shape index (κ1) is 19.6. The molecule has 2 aliphatic heterocycles. The Balaban J connectivity index is 1.56. The zero-order valence-electron chi connectivity index (χ0n) is 16.1. The minimum atomic E-state index is -1.60. The number of imide groups is 1. The lowest BCUT2D eigenvalue weighted by molar-refractivity contribution is -0.125. The molecule has 158 valence electrons. The summed E-state index contributed by atoms with van der Waals surface area (Å²) in [5.74, 6) is 0.172. The fourth-order valence-corrected chi connectivity index (χ4v) is 4.24. The van der Waals surface area contributed by atoms with Crippen LogP contribution in [0.5, 0.6) is 11.6 Å². The molecule has 0 radical (unpaired) electrons. The van der Waals surface area contributed by atoms with Crippen molar-refractivity contribution in [1.82, 2.24) is 20.5 Å². The van der Waals surface area contributed by atoms with Gasteiger partial charge in [-0.2, -0.15) is 0 Å². The van der Waals surface area contributed by atoms with Crippen molar-refractivity contribution in [3.8, 4) is 11.6 Å². The minimum Gasteiger partial charge on any atom is -0.480 e. The molecule has 0 spiro atoms. The van der Waals surface area contributed by atoms with Crippen LogP contribution in [0.4, 0.5) is 4.79 Å². The summed E-state index contributed by atoms with van der Waals surface area (Å²) in [5, 5.41) is 5.46. The zero-order valence-corrected chi connectivity index (χ0v) is 18.3. The van der Waals surface area contributed by atoms with E-state index in [1.165, 1.54) is 18.2 Å². The van der Waals surface area contributed by atoms with E-state index in [0.29, 0.717) is 28.2 Å². The fourth-order valence-electron chi connectivity index (χ4n) is 3.97. The average Bonchev–Trinajstić information content (AvgIpc) is 3.42. The largest absolute Gasteiger partial charge is 0.480 e. The molecule has 3 aromatic rings. The van der Waals surface area contributed by atoms with Crippen molar-refractivity contribution in [3.63, 3.8) is 0 Å². The number of hydrogen-bond acceptors (Lipinski definition) is 7. The summed E-state index contributed by atoms with van der Waals surface area (Å²) < 4.78 is 16.4. The van der Waals surface area contributed by atoms with Crippen LogP contribution in [0.2, 0.25) is 0 Å². The van der Waals surface area contributed by atoms with Crippen LogP contribution in [0.3, 0.4) is 0 Å². The van der Waals surface area contributed by atoms with Crippen LogP contribution in [-0.4, -0.2) is 41.4 Å². The first-order valence-electron chi connectivity index (χ1n) is 9.22. The zero-order chi connectivity index (χ0) is 21.8. The van der Waals surface area contributed by atoms with Crippen LogP contribution >= 0.6 is 23.0 Å². The van der Waals surface area contributed by atoms with Gasteiger partial charge in [0.05, 0.1) is 19.0 Å². The minimum absolute atomic E-state index is 0.117. The van der Waals surface area contributed by atoms with Gasteiger partial charge in [-0.15, -0.1) is 0 Å². The number of carbonyl (C=O) groups is 3. The molecule has 0 unspecified atom stereocenters. The van der Waals surface area contributed by atoms with Gasteiger partial charge < -0.3 is 22.4 Å². The lowest BCUT2D eigenvalue weighted by Crippen LogP contribution is -2.52. The molecular weight excluding hydrogens is 519 g/mol. The number of furan rings is 1. The highest BCUT2D eigenvalue weighted by atomic mass is 127. The van der Waals surface area contributed by atoms with E-state index in [4.69, 9.17) is 12.2 Å². The second-order valence-corrected chi connectivity index (χ2v) is 7.65. The third-order valence-electron chi connectivity index (χ3n) is 5.44. The van der Waals surface area contributed by atoms with Gasteiger partial charge in [0.15, 0.2) is 28.5 Å². The van der Waals surface area contributed by atoms with Crippen LogP contribution in [0.25, 0.3) is 11.0 Å². The highest BCUT2D eigenvalue weighted by molar-refractivity contribution is 14.1. The average molecular weight is 534 g/mol. The quantitative estimate of drug-likeness (QED) is 0.381. The summed E-state index contributed by atoms with van der Waals surface area (Å²) in [5.41, 5.74) is 0.138. The van der Waals surface area contributed by atoms with Crippen molar-refractivity contribution in [2.45, 2.75) is 12.1 Å². The number of carbonyl (C=O) groups excluding carboxylic acids is 3. The van der Waals surface area contributed by atoms with Crippen LogP contribution in [0.15, 0.2) is 40.9 Å². The molecule has 0 bridgehead atoms. The molecule has 1 saturated heterocycles. The van der Waals surface area contributed by atoms with E-state index in [1.807, 2.05) is 0 Å². The van der Waals surface area contributed by atoms with Gasteiger partial charge in [0.1, 0.15) is 17.1 Å². The Morgan fingerprint density at radius 2 is 2.10 bits per heavy atom. The molecule has 11 heteroatoms. The monoisotopic (exact) mass is 534 g/mol. The van der Waals surface area contributed by atoms with Gasteiger partial charge in [0.25, 0.3) is 11.8 Å². The highest BCUT2D eigenvalue weighted by Crippen LogP contribution is 2.36. The Morgan fingerprint density at radius 1 is 1.26 bits per heavy atom. The molecule has 2 aromatic heterocycles. The Bertz CT molecular complexity index is 1260. The third-order valence-corrected chi connectivity index (χ3v) is 5.95. The summed E-state index contributed by atoms with van der Waals surface area (Å²) in [6, 6.07) is 7.79. The normalized spacial score (nSPS) is 20.1. The number of hydrogen-bond donors (Lipinski definition) is 2. The molecule has 4 amide bonds. The molecule has 1 atom stereocenters. The van der Waals surface area contributed by atoms with Crippen molar-refractivity contribution in [1.29, 1.82) is 0 Å². The number of rotatable bonds is 5. The topological polar surface area (TPSA) is 123 Å². The predicted molar refractivity (Wildman–Crippen MR) is 115 cm³/mol. The van der Waals surface area contributed by atoms with Crippen molar-refractivity contribution in [2.24, 2.45) is 0 Å². The number of halogens is 1. The summed E-state index contributed by atoms with van der Waals surface area (Å²) in [4.78, 5) is 43.7. The maximum atomic E-state index is 13.0. The Kier molecular flexibility index (Phi) is 4.50. The van der Waals surface area contributed by atoms with E-state index in [0.717, 1.165) is 5.56 Å². The fraction of sp³-hybridized carbons (Fsp3) is 0.200. The number of fused-ring (bicyclic) bond motifs is 2. The Morgan fingerprint density at radius 3 is 2.81 bits per heavy atom. The molecule has 2 aliphatic rings. The first-order valence-corrected chi connectivity index (χ1v) is 10.1. The second kappa shape index (κ2) is 7.11. The standard InChI is InChI=1S/C20H15IN4O6/c1-29-16-13-7-15(30-14(13)4-5-22-16)20(18(27)23-19(28)24-20)9-25-8-10-2-3-11(31-21)6-12(10)17(25)26/h2-7H,8-9H2,1H3,(H2,23,24,27,28)/t20-/m0/s1. The van der Waals surface area contributed by atoms with Gasteiger partial charge in [0, 0.05) is 24.4 Å². The van der Waals surface area contributed by atoms with Gasteiger partial charge >= 0.3 is 6.03 Å². The molecule has 1 aromatic carbocycles. The molecule has 0 saturated carbocycles. The van der Waals surface area contributed by atoms with Crippen molar-refractivity contribution >= 4 is 51.8 Å². The SMILES string of the molecule is COc1nccc2oc([C@]3(CN4Cc5ccc(OI)cc5C4=O)NC(=O)NC3=O)cc12. The van der Waals surface area contributed by atoms with Gasteiger partial charge in [-0.3, -0.25) is 14.9 Å². The number of amides is 4. The lowest BCUT2D eigenvalue weighted by Gasteiger charge is -2.29. The molecule has 4 heterocycles. The molecule has 0 aliphatic carbocycles. The molecule has 5 rings (SSSR count). The summed E-state index contributed by atoms with van der Waals surface area (Å²) in [7, 11) is 1.47. The third kappa shape index (κ3) is 2.99. The smallest absolute Gasteiger partial charge is 0.322 e. The Hall–Kier alpha value is -3.35. The van der Waals surface area contributed by atoms with Crippen LogP contribution < -0.4 is 18.4 Å².